The van der Waals surface area contributed by atoms with Crippen LogP contribution >= 0.6 is 0 Å². The van der Waals surface area contributed by atoms with Crippen molar-refractivity contribution in [3.63, 3.8) is 0 Å². The second-order valence-electron chi connectivity index (χ2n) is 17.8. The highest BCUT2D eigenvalue weighted by Gasteiger charge is 2.13. The van der Waals surface area contributed by atoms with E-state index in [0.29, 0.717) is 113 Å². The highest BCUT2D eigenvalue weighted by Crippen LogP contribution is 2.24. The molecule has 4 aromatic carbocycles. The van der Waals surface area contributed by atoms with Crippen LogP contribution in [0.5, 0.6) is 0 Å². The molecule has 0 spiro atoms. The minimum absolute atomic E-state index is 0.136. The Hall–Kier alpha value is -7.53. The van der Waals surface area contributed by atoms with E-state index >= 15 is 0 Å². The fraction of sp³-hybridized carbons (Fsp3) is 0.389. The zero-order valence-corrected chi connectivity index (χ0v) is 43.1. The largest absolute Gasteiger partial charge is 0.380 e. The van der Waals surface area contributed by atoms with E-state index in [4.69, 9.17) is 14.2 Å². The Morgan fingerprint density at radius 1 is 0.413 bits per heavy atom. The van der Waals surface area contributed by atoms with Crippen LogP contribution < -0.4 is 31.9 Å². The van der Waals surface area contributed by atoms with Gasteiger partial charge in [0.05, 0.1) is 77.7 Å². The van der Waals surface area contributed by atoms with Crippen LogP contribution in [0.1, 0.15) is 56.7 Å². The fourth-order valence-electron chi connectivity index (χ4n) is 7.76. The van der Waals surface area contributed by atoms with Gasteiger partial charge in [0.2, 0.25) is 17.7 Å². The van der Waals surface area contributed by atoms with E-state index < -0.39 is 0 Å². The van der Waals surface area contributed by atoms with Crippen molar-refractivity contribution >= 4 is 34.8 Å². The summed E-state index contributed by atoms with van der Waals surface area (Å²) in [5.74, 6) is -0.407. The lowest BCUT2D eigenvalue weighted by Crippen LogP contribution is -2.30. The van der Waals surface area contributed by atoms with Crippen LogP contribution in [0, 0.1) is 0 Å². The lowest BCUT2D eigenvalue weighted by molar-refractivity contribution is -0.116. The van der Waals surface area contributed by atoms with Crippen molar-refractivity contribution in [2.24, 2.45) is 0 Å². The second kappa shape index (κ2) is 30.0. The standard InChI is InChI=1S/C54H69N15O6/c1-4-22-73-25-19-55-31-52(70)58-46-13-7-43(8-14-46)49-37-67(64-61-49)34-40-28-41(35-68-38-50(62-65-68)44-9-15-47(16-10-44)59-53(71)32-56-20-26-74-23-5-2)30-42(29-40)36-69-39-51(63-66-69)45-11-17-48(18-12-45)60-54(72)33-57-21-27-75-24-6-3/h7-18,28-30,37-39,55-57H,4-6,19-27,31-36H2,1-3H3,(H,58,70)(H,59,71)(H,60,72). The summed E-state index contributed by atoms with van der Waals surface area (Å²) in [6, 6.07) is 28.9. The van der Waals surface area contributed by atoms with Crippen LogP contribution in [-0.2, 0) is 48.2 Å². The smallest absolute Gasteiger partial charge is 0.238 e. The Labute approximate surface area is 437 Å². The number of nitrogens with one attached hydrogen (secondary N) is 6. The highest BCUT2D eigenvalue weighted by atomic mass is 16.5. The van der Waals surface area contributed by atoms with E-state index in [1.165, 1.54) is 0 Å². The topological polar surface area (TPSA) is 243 Å². The van der Waals surface area contributed by atoms with Crippen molar-refractivity contribution in [1.82, 2.24) is 60.9 Å². The highest BCUT2D eigenvalue weighted by molar-refractivity contribution is 5.93. The molecule has 3 aromatic heterocycles. The van der Waals surface area contributed by atoms with Gasteiger partial charge in [-0.15, -0.1) is 15.3 Å². The lowest BCUT2D eigenvalue weighted by atomic mass is 10.0. The van der Waals surface area contributed by atoms with Crippen LogP contribution in [0.15, 0.2) is 110 Å². The van der Waals surface area contributed by atoms with Crippen LogP contribution in [-0.4, -0.2) is 142 Å². The number of ether oxygens (including phenoxy) is 3. The number of rotatable bonds is 33. The summed E-state index contributed by atoms with van der Waals surface area (Å²) in [4.78, 5) is 37.5. The molecule has 0 aliphatic rings. The molecule has 21 nitrogen and oxygen atoms in total. The van der Waals surface area contributed by atoms with Crippen molar-refractivity contribution in [1.29, 1.82) is 0 Å². The number of benzene rings is 4. The van der Waals surface area contributed by atoms with Crippen molar-refractivity contribution in [2.45, 2.75) is 59.7 Å². The number of nitrogens with zero attached hydrogens (tertiary/aromatic N) is 9. The fourth-order valence-corrected chi connectivity index (χ4v) is 7.76. The van der Waals surface area contributed by atoms with Gasteiger partial charge in [-0.3, -0.25) is 14.4 Å². The molecule has 0 fully saturated rings. The maximum Gasteiger partial charge on any atom is 0.238 e. The average molecular weight is 1020 g/mol. The number of hydrogen-bond donors (Lipinski definition) is 6. The molecule has 396 valence electrons. The monoisotopic (exact) mass is 1020 g/mol. The SMILES string of the molecule is CCCOCCNCC(=O)Nc1ccc(-c2cn(Cc3cc(Cn4cc(-c5ccc(NC(=O)CNCCOCCC)cc5)nn4)cc(Cn4cc(-c5ccc(NC(=O)CNCCOCCC)cc5)nn4)c3)nn2)cc1. The molecule has 75 heavy (non-hydrogen) atoms. The number of amides is 3. The van der Waals surface area contributed by atoms with Gasteiger partial charge >= 0.3 is 0 Å². The van der Waals surface area contributed by atoms with Gasteiger partial charge in [-0.05, 0) is 72.4 Å². The first-order valence-electron chi connectivity index (χ1n) is 25.6. The summed E-state index contributed by atoms with van der Waals surface area (Å²) >= 11 is 0. The molecule has 0 aliphatic carbocycles. The summed E-state index contributed by atoms with van der Waals surface area (Å²) in [7, 11) is 0. The molecule has 7 aromatic rings. The minimum Gasteiger partial charge on any atom is -0.380 e. The number of carbonyl (C=O) groups is 3. The van der Waals surface area contributed by atoms with E-state index in [2.05, 4.69) is 102 Å². The Bertz CT molecular complexity index is 2510. The van der Waals surface area contributed by atoms with E-state index in [9.17, 15) is 14.4 Å². The Balaban J connectivity index is 1.00. The third-order valence-electron chi connectivity index (χ3n) is 11.3. The third kappa shape index (κ3) is 18.7. The molecule has 6 N–H and O–H groups in total. The number of hydrogen-bond acceptors (Lipinski definition) is 15. The summed E-state index contributed by atoms with van der Waals surface area (Å²) < 4.78 is 21.8. The molecule has 0 aliphatic heterocycles. The normalized spacial score (nSPS) is 11.2. The van der Waals surface area contributed by atoms with Gasteiger partial charge in [-0.25, -0.2) is 14.0 Å². The zero-order valence-electron chi connectivity index (χ0n) is 43.1. The summed E-state index contributed by atoms with van der Waals surface area (Å²) in [5.41, 5.74) is 9.65. The van der Waals surface area contributed by atoms with Gasteiger partial charge in [0.25, 0.3) is 0 Å². The molecule has 0 radical (unpaired) electrons. The predicted octanol–water partition coefficient (Wildman–Crippen LogP) is 5.47. The molecular weight excluding hydrogens is 955 g/mol. The van der Waals surface area contributed by atoms with Crippen LogP contribution in [0.4, 0.5) is 17.1 Å². The first kappa shape index (κ1) is 55.2. The molecular formula is C54H69N15O6. The molecule has 7 rings (SSSR count). The maximum absolute atomic E-state index is 12.5. The number of carbonyl (C=O) groups excluding carboxylic acids is 3. The summed E-state index contributed by atoms with van der Waals surface area (Å²) in [6.45, 7) is 13.6. The Kier molecular flexibility index (Phi) is 22.1. The molecule has 3 heterocycles. The second-order valence-corrected chi connectivity index (χ2v) is 17.8. The van der Waals surface area contributed by atoms with Gasteiger partial charge in [-0.2, -0.15) is 0 Å². The van der Waals surface area contributed by atoms with Gasteiger partial charge < -0.3 is 46.1 Å². The van der Waals surface area contributed by atoms with Crippen molar-refractivity contribution in [2.75, 3.05) is 94.9 Å². The van der Waals surface area contributed by atoms with E-state index in [-0.39, 0.29) is 37.4 Å². The van der Waals surface area contributed by atoms with Crippen molar-refractivity contribution in [3.05, 3.63) is 126 Å². The van der Waals surface area contributed by atoms with E-state index in [1.807, 2.05) is 91.4 Å². The molecule has 0 atom stereocenters. The lowest BCUT2D eigenvalue weighted by Gasteiger charge is -2.10. The van der Waals surface area contributed by atoms with Crippen LogP contribution in [0.3, 0.4) is 0 Å². The first-order valence-corrected chi connectivity index (χ1v) is 25.6. The van der Waals surface area contributed by atoms with Crippen LogP contribution in [0.2, 0.25) is 0 Å². The van der Waals surface area contributed by atoms with E-state index in [0.717, 1.165) is 52.6 Å². The molecule has 21 heteroatoms. The van der Waals surface area contributed by atoms with Crippen LogP contribution in [0.25, 0.3) is 33.8 Å². The number of aromatic nitrogens is 9. The average Bonchev–Trinajstić information content (AvgIpc) is 4.20. The Morgan fingerprint density at radius 2 is 0.693 bits per heavy atom. The van der Waals surface area contributed by atoms with Gasteiger partial charge in [0.15, 0.2) is 0 Å². The molecule has 0 saturated heterocycles. The third-order valence-corrected chi connectivity index (χ3v) is 11.3. The van der Waals surface area contributed by atoms with Crippen molar-refractivity contribution in [3.8, 4) is 33.8 Å². The van der Waals surface area contributed by atoms with Gasteiger partial charge in [0, 0.05) is 73.2 Å². The maximum atomic E-state index is 12.5. The summed E-state index contributed by atoms with van der Waals surface area (Å²) in [5, 5.41) is 44.9. The first-order chi connectivity index (χ1) is 36.7. The molecule has 0 unspecified atom stereocenters. The molecule has 3 amide bonds. The number of anilines is 3. The minimum atomic E-state index is -0.136. The van der Waals surface area contributed by atoms with Gasteiger partial charge in [0.1, 0.15) is 17.1 Å². The Morgan fingerprint density at radius 3 is 0.960 bits per heavy atom. The van der Waals surface area contributed by atoms with Crippen molar-refractivity contribution < 1.29 is 28.6 Å². The van der Waals surface area contributed by atoms with Gasteiger partial charge in [-0.1, -0.05) is 91.0 Å². The van der Waals surface area contributed by atoms with E-state index in [1.54, 1.807) is 14.0 Å². The quantitative estimate of drug-likeness (QED) is 0.0280. The zero-order chi connectivity index (χ0) is 52.5. The summed E-state index contributed by atoms with van der Waals surface area (Å²) in [6.07, 6.45) is 8.57. The molecule has 0 saturated carbocycles. The predicted molar refractivity (Wildman–Crippen MR) is 288 cm³/mol. The molecule has 0 bridgehead atoms.